The van der Waals surface area contributed by atoms with Gasteiger partial charge in [0, 0.05) is 0 Å². The van der Waals surface area contributed by atoms with Gasteiger partial charge in [0.15, 0.2) is 0 Å². The van der Waals surface area contributed by atoms with Crippen molar-refractivity contribution in [1.82, 2.24) is 5.43 Å². The van der Waals surface area contributed by atoms with Crippen LogP contribution in [0.1, 0.15) is 11.1 Å². The minimum absolute atomic E-state index is 0.188. The average Bonchev–Trinajstić information content (AvgIpc) is 2.18. The van der Waals surface area contributed by atoms with Gasteiger partial charge in [0.2, 0.25) is 0 Å². The standard InChI is InChI=1S/C9H7F3N2O/c10-9(11,12)8-3-1-7(2-4-8)5-13-14-6-15/h1-4,13H,5H2. The Morgan fingerprint density at radius 1 is 1.27 bits per heavy atom. The van der Waals surface area contributed by atoms with Gasteiger partial charge in [-0.1, -0.05) is 17.2 Å². The fraction of sp³-hybridized carbons (Fsp3) is 0.222. The lowest BCUT2D eigenvalue weighted by atomic mass is 10.1. The minimum Gasteiger partial charge on any atom is -0.295 e. The van der Waals surface area contributed by atoms with Gasteiger partial charge in [0.1, 0.15) is 0 Å². The van der Waals surface area contributed by atoms with Crippen molar-refractivity contribution in [1.29, 1.82) is 0 Å². The van der Waals surface area contributed by atoms with Crippen LogP contribution >= 0.6 is 0 Å². The highest BCUT2D eigenvalue weighted by molar-refractivity contribution is 5.32. The molecule has 0 fully saturated rings. The predicted octanol–water partition coefficient (Wildman–Crippen LogP) is 2.05. The Morgan fingerprint density at radius 3 is 2.33 bits per heavy atom. The number of nitrogens with one attached hydrogen (secondary N) is 1. The first kappa shape index (κ1) is 11.3. The lowest BCUT2D eigenvalue weighted by Crippen LogP contribution is -2.07. The van der Waals surface area contributed by atoms with Gasteiger partial charge < -0.3 is 0 Å². The number of nitrogens with zero attached hydrogens (tertiary/aromatic N) is 1. The smallest absolute Gasteiger partial charge is 0.295 e. The van der Waals surface area contributed by atoms with E-state index in [1.54, 1.807) is 0 Å². The molecule has 3 nitrogen and oxygen atoms in total. The number of hydrazone groups is 1. The van der Waals surface area contributed by atoms with Crippen molar-refractivity contribution in [2.75, 3.05) is 0 Å². The molecule has 1 N–H and O–H groups in total. The van der Waals surface area contributed by atoms with Crippen LogP contribution < -0.4 is 5.43 Å². The van der Waals surface area contributed by atoms with Crippen LogP contribution in [-0.4, -0.2) is 6.08 Å². The highest BCUT2D eigenvalue weighted by Crippen LogP contribution is 2.28. The molecular weight excluding hydrogens is 209 g/mol. The molecule has 0 amide bonds. The zero-order valence-electron chi connectivity index (χ0n) is 7.51. The summed E-state index contributed by atoms with van der Waals surface area (Å²) in [5.41, 5.74) is 2.23. The number of alkyl halides is 3. The van der Waals surface area contributed by atoms with E-state index in [2.05, 4.69) is 10.5 Å². The van der Waals surface area contributed by atoms with Crippen molar-refractivity contribution in [2.24, 2.45) is 5.10 Å². The lowest BCUT2D eigenvalue weighted by molar-refractivity contribution is -0.137. The van der Waals surface area contributed by atoms with Crippen LogP contribution in [0.15, 0.2) is 29.4 Å². The molecule has 80 valence electrons. The Labute approximate surface area is 83.6 Å². The molecule has 6 heteroatoms. The second-order valence-electron chi connectivity index (χ2n) is 2.73. The molecule has 0 aliphatic carbocycles. The molecule has 1 rings (SSSR count). The Balaban J connectivity index is 2.68. The molecule has 0 saturated carbocycles. The first-order chi connectivity index (χ1) is 7.04. The van der Waals surface area contributed by atoms with E-state index in [-0.39, 0.29) is 6.54 Å². The van der Waals surface area contributed by atoms with Crippen molar-refractivity contribution < 1.29 is 18.0 Å². The Kier molecular flexibility index (Phi) is 3.46. The van der Waals surface area contributed by atoms with Crippen LogP contribution in [0.5, 0.6) is 0 Å². The maximum Gasteiger partial charge on any atom is 0.416 e. The molecule has 0 saturated heterocycles. The molecular formula is C9H7F3N2O. The number of benzene rings is 1. The highest BCUT2D eigenvalue weighted by atomic mass is 19.4. The number of hydrogen-bond donors (Lipinski definition) is 1. The molecule has 0 spiro atoms. The molecule has 0 bridgehead atoms. The molecule has 0 unspecified atom stereocenters. The summed E-state index contributed by atoms with van der Waals surface area (Å²) in [6, 6.07) is 4.58. The number of hydrogen-bond acceptors (Lipinski definition) is 3. The van der Waals surface area contributed by atoms with Crippen LogP contribution in [-0.2, 0) is 17.5 Å². The van der Waals surface area contributed by atoms with Gasteiger partial charge in [0.05, 0.1) is 12.1 Å². The molecule has 1 aromatic rings. The van der Waals surface area contributed by atoms with Gasteiger partial charge in [-0.05, 0) is 17.7 Å². The van der Waals surface area contributed by atoms with Crippen molar-refractivity contribution >= 4 is 6.08 Å². The predicted molar refractivity (Wildman–Crippen MR) is 46.4 cm³/mol. The van der Waals surface area contributed by atoms with E-state index in [1.165, 1.54) is 18.2 Å². The Morgan fingerprint density at radius 2 is 1.87 bits per heavy atom. The maximum absolute atomic E-state index is 12.1. The van der Waals surface area contributed by atoms with Gasteiger partial charge >= 0.3 is 6.18 Å². The molecule has 0 radical (unpaired) electrons. The molecule has 0 aromatic heterocycles. The van der Waals surface area contributed by atoms with Crippen molar-refractivity contribution in [3.63, 3.8) is 0 Å². The largest absolute Gasteiger partial charge is 0.416 e. The second kappa shape index (κ2) is 4.61. The molecule has 15 heavy (non-hydrogen) atoms. The average molecular weight is 216 g/mol. The van der Waals surface area contributed by atoms with E-state index in [4.69, 9.17) is 0 Å². The zero-order valence-corrected chi connectivity index (χ0v) is 7.51. The summed E-state index contributed by atoms with van der Waals surface area (Å²) in [4.78, 5) is 9.68. The third-order valence-electron chi connectivity index (χ3n) is 1.69. The molecule has 0 atom stereocenters. The van der Waals surface area contributed by atoms with Gasteiger partial charge in [-0.25, -0.2) is 4.79 Å². The van der Waals surface area contributed by atoms with Gasteiger partial charge in [-0.2, -0.15) is 13.2 Å². The van der Waals surface area contributed by atoms with Crippen LogP contribution in [0.3, 0.4) is 0 Å². The Hall–Kier alpha value is -1.81. The summed E-state index contributed by atoms with van der Waals surface area (Å²) in [6.45, 7) is 0.188. The quantitative estimate of drug-likeness (QED) is 0.477. The number of rotatable bonds is 3. The Bertz CT molecular complexity index is 366. The number of halogens is 3. The van der Waals surface area contributed by atoms with Crippen molar-refractivity contribution in [3.05, 3.63) is 35.4 Å². The van der Waals surface area contributed by atoms with Gasteiger partial charge in [-0.3, -0.25) is 5.43 Å². The molecule has 0 aliphatic rings. The SMILES string of the molecule is O=C=NNCc1ccc(C(F)(F)F)cc1. The summed E-state index contributed by atoms with van der Waals surface area (Å²) < 4.78 is 36.4. The van der Waals surface area contributed by atoms with Gasteiger partial charge in [-0.15, -0.1) is 0 Å². The topological polar surface area (TPSA) is 41.5 Å². The first-order valence-electron chi connectivity index (χ1n) is 4.00. The van der Waals surface area contributed by atoms with E-state index in [0.29, 0.717) is 5.56 Å². The van der Waals surface area contributed by atoms with Crippen LogP contribution in [0, 0.1) is 0 Å². The molecule has 0 aliphatic heterocycles. The highest BCUT2D eigenvalue weighted by Gasteiger charge is 2.29. The van der Waals surface area contributed by atoms with E-state index in [9.17, 15) is 18.0 Å². The minimum atomic E-state index is -4.33. The number of carbonyl (C=O) groups excluding carboxylic acids is 1. The van der Waals surface area contributed by atoms with E-state index >= 15 is 0 Å². The van der Waals surface area contributed by atoms with E-state index in [1.807, 2.05) is 0 Å². The summed E-state index contributed by atoms with van der Waals surface area (Å²) in [7, 11) is 0. The zero-order chi connectivity index (χ0) is 11.3. The summed E-state index contributed by atoms with van der Waals surface area (Å²) in [5.74, 6) is 0. The van der Waals surface area contributed by atoms with E-state index < -0.39 is 11.7 Å². The molecule has 1 aromatic carbocycles. The third-order valence-corrected chi connectivity index (χ3v) is 1.69. The fourth-order valence-corrected chi connectivity index (χ4v) is 0.975. The summed E-state index contributed by atoms with van der Waals surface area (Å²) in [6.07, 6.45) is -3.07. The first-order valence-corrected chi connectivity index (χ1v) is 4.00. The third kappa shape index (κ3) is 3.44. The van der Waals surface area contributed by atoms with E-state index in [0.717, 1.165) is 12.1 Å². The summed E-state index contributed by atoms with van der Waals surface area (Å²) >= 11 is 0. The fourth-order valence-electron chi connectivity index (χ4n) is 0.975. The normalized spacial score (nSPS) is 10.6. The lowest BCUT2D eigenvalue weighted by Gasteiger charge is -2.06. The maximum atomic E-state index is 12.1. The van der Waals surface area contributed by atoms with Crippen LogP contribution in [0.2, 0.25) is 0 Å². The number of isocyanates is 1. The van der Waals surface area contributed by atoms with Crippen LogP contribution in [0.25, 0.3) is 0 Å². The van der Waals surface area contributed by atoms with Crippen molar-refractivity contribution in [3.8, 4) is 0 Å². The van der Waals surface area contributed by atoms with Crippen LogP contribution in [0.4, 0.5) is 13.2 Å². The van der Waals surface area contributed by atoms with Gasteiger partial charge in [0.25, 0.3) is 6.08 Å². The monoisotopic (exact) mass is 216 g/mol. The van der Waals surface area contributed by atoms with Crippen molar-refractivity contribution in [2.45, 2.75) is 12.7 Å². The molecule has 0 heterocycles. The second-order valence-corrected chi connectivity index (χ2v) is 2.73. The summed E-state index contributed by atoms with van der Waals surface area (Å²) in [5, 5.41) is 3.06.